The molecule has 0 unspecified atom stereocenters. The largest absolute Gasteiger partial charge is 0.478 e. The van der Waals surface area contributed by atoms with Crippen LogP contribution in [0.2, 0.25) is 0 Å². The molecule has 0 saturated heterocycles. The van der Waals surface area contributed by atoms with E-state index in [1.54, 1.807) is 18.2 Å². The summed E-state index contributed by atoms with van der Waals surface area (Å²) in [5, 5.41) is 9.02. The molecule has 2 aromatic rings. The number of hydrogen-bond donors (Lipinski definition) is 1. The second-order valence-corrected chi connectivity index (χ2v) is 6.02. The molecular formula is C16H13BrFNO2. The van der Waals surface area contributed by atoms with Crippen LogP contribution in [0.5, 0.6) is 0 Å². The fourth-order valence-corrected chi connectivity index (χ4v) is 2.99. The van der Waals surface area contributed by atoms with Gasteiger partial charge in [0.1, 0.15) is 5.82 Å². The number of aromatic carboxylic acids is 1. The van der Waals surface area contributed by atoms with Crippen LogP contribution in [0.4, 0.5) is 4.39 Å². The molecule has 0 radical (unpaired) electrons. The molecule has 3 rings (SSSR count). The molecule has 5 heteroatoms. The number of benzene rings is 2. The van der Waals surface area contributed by atoms with E-state index in [1.165, 1.54) is 12.1 Å². The van der Waals surface area contributed by atoms with Gasteiger partial charge in [0.15, 0.2) is 0 Å². The summed E-state index contributed by atoms with van der Waals surface area (Å²) < 4.78 is 14.2. The molecule has 0 amide bonds. The lowest BCUT2D eigenvalue weighted by atomic mass is 10.1. The first-order chi connectivity index (χ1) is 10.0. The van der Waals surface area contributed by atoms with Crippen molar-refractivity contribution in [1.82, 2.24) is 4.90 Å². The number of rotatable bonds is 3. The van der Waals surface area contributed by atoms with E-state index in [1.807, 2.05) is 6.07 Å². The molecule has 0 fully saturated rings. The van der Waals surface area contributed by atoms with Gasteiger partial charge in [0.2, 0.25) is 0 Å². The van der Waals surface area contributed by atoms with Gasteiger partial charge < -0.3 is 5.11 Å². The van der Waals surface area contributed by atoms with Crippen LogP contribution in [0.1, 0.15) is 27.0 Å². The zero-order valence-corrected chi connectivity index (χ0v) is 12.7. The number of carboxylic acids is 1. The van der Waals surface area contributed by atoms with Crippen molar-refractivity contribution in [2.45, 2.75) is 19.6 Å². The summed E-state index contributed by atoms with van der Waals surface area (Å²) in [6.45, 7) is 2.05. The second kappa shape index (κ2) is 5.58. The Kier molecular flexibility index (Phi) is 3.78. The minimum atomic E-state index is -0.913. The van der Waals surface area contributed by atoms with Gasteiger partial charge in [-0.1, -0.05) is 22.0 Å². The zero-order valence-electron chi connectivity index (χ0n) is 11.1. The zero-order chi connectivity index (χ0) is 15.0. The number of carboxylic acid groups (broad SMARTS) is 1. The fraction of sp³-hybridized carbons (Fsp3) is 0.188. The molecule has 0 saturated carbocycles. The molecule has 0 spiro atoms. The summed E-state index contributed by atoms with van der Waals surface area (Å²) in [5.41, 5.74) is 3.36. The van der Waals surface area contributed by atoms with E-state index in [2.05, 4.69) is 20.8 Å². The van der Waals surface area contributed by atoms with Gasteiger partial charge in [0.05, 0.1) is 5.56 Å². The third kappa shape index (κ3) is 2.99. The van der Waals surface area contributed by atoms with E-state index < -0.39 is 5.97 Å². The highest BCUT2D eigenvalue weighted by Gasteiger charge is 2.21. The van der Waals surface area contributed by atoms with Gasteiger partial charge in [0.25, 0.3) is 0 Å². The summed E-state index contributed by atoms with van der Waals surface area (Å²) in [6.07, 6.45) is 0. The molecule has 0 atom stereocenters. The lowest BCUT2D eigenvalue weighted by Crippen LogP contribution is -2.16. The van der Waals surface area contributed by atoms with Crippen molar-refractivity contribution in [2.24, 2.45) is 0 Å². The van der Waals surface area contributed by atoms with Crippen LogP contribution >= 0.6 is 15.9 Å². The average molecular weight is 350 g/mol. The highest BCUT2D eigenvalue weighted by atomic mass is 79.9. The smallest absolute Gasteiger partial charge is 0.335 e. The Bertz CT molecular complexity index is 717. The van der Waals surface area contributed by atoms with E-state index in [4.69, 9.17) is 5.11 Å². The maximum atomic E-state index is 13.3. The van der Waals surface area contributed by atoms with Crippen molar-refractivity contribution in [2.75, 3.05) is 0 Å². The van der Waals surface area contributed by atoms with Crippen molar-refractivity contribution >= 4 is 21.9 Å². The van der Waals surface area contributed by atoms with Crippen molar-refractivity contribution in [3.63, 3.8) is 0 Å². The molecule has 0 aliphatic carbocycles. The Morgan fingerprint density at radius 3 is 2.71 bits per heavy atom. The van der Waals surface area contributed by atoms with Crippen molar-refractivity contribution in [3.8, 4) is 0 Å². The second-order valence-electron chi connectivity index (χ2n) is 5.17. The number of halogens is 2. The van der Waals surface area contributed by atoms with Crippen LogP contribution in [-0.2, 0) is 19.6 Å². The maximum Gasteiger partial charge on any atom is 0.335 e. The molecule has 3 nitrogen and oxygen atoms in total. The predicted octanol–water partition coefficient (Wildman–Crippen LogP) is 3.80. The molecule has 1 aliphatic rings. The minimum Gasteiger partial charge on any atom is -0.478 e. The quantitative estimate of drug-likeness (QED) is 0.915. The lowest BCUT2D eigenvalue weighted by molar-refractivity contribution is 0.0696. The molecule has 0 aromatic heterocycles. The first-order valence-electron chi connectivity index (χ1n) is 6.54. The summed E-state index contributed by atoms with van der Waals surface area (Å²) >= 11 is 3.43. The normalized spacial score (nSPS) is 14.2. The van der Waals surface area contributed by atoms with Gasteiger partial charge in [0, 0.05) is 24.1 Å². The van der Waals surface area contributed by atoms with Crippen molar-refractivity contribution in [1.29, 1.82) is 0 Å². The number of carbonyl (C=O) groups is 1. The Morgan fingerprint density at radius 2 is 1.95 bits per heavy atom. The maximum absolute atomic E-state index is 13.3. The highest BCUT2D eigenvalue weighted by molar-refractivity contribution is 9.10. The van der Waals surface area contributed by atoms with E-state index in [-0.39, 0.29) is 5.82 Å². The summed E-state index contributed by atoms with van der Waals surface area (Å²) in [5.74, 6) is -1.16. The van der Waals surface area contributed by atoms with Gasteiger partial charge in [-0.3, -0.25) is 4.90 Å². The Labute approximate surface area is 130 Å². The van der Waals surface area contributed by atoms with Gasteiger partial charge >= 0.3 is 5.97 Å². The minimum absolute atomic E-state index is 0.252. The summed E-state index contributed by atoms with van der Waals surface area (Å²) in [6, 6.07) is 9.86. The molecule has 1 heterocycles. The van der Waals surface area contributed by atoms with Crippen LogP contribution in [0.15, 0.2) is 40.9 Å². The third-order valence-corrected chi connectivity index (χ3v) is 4.42. The Balaban J connectivity index is 1.78. The van der Waals surface area contributed by atoms with Crippen molar-refractivity contribution < 1.29 is 14.3 Å². The Hall–Kier alpha value is -1.72. The summed E-state index contributed by atoms with van der Waals surface area (Å²) in [7, 11) is 0. The standard InChI is InChI=1S/C16H13BrFNO2/c17-15-4-3-14(18)6-13(15)9-19-7-11-2-1-10(16(20)21)5-12(11)8-19/h1-6H,7-9H2,(H,20,21). The Morgan fingerprint density at radius 1 is 1.19 bits per heavy atom. The number of fused-ring (bicyclic) bond motifs is 1. The van der Waals surface area contributed by atoms with Gasteiger partial charge in [-0.2, -0.15) is 0 Å². The van der Waals surface area contributed by atoms with Gasteiger partial charge in [-0.15, -0.1) is 0 Å². The van der Waals surface area contributed by atoms with Crippen LogP contribution in [0, 0.1) is 5.82 Å². The number of nitrogens with zero attached hydrogens (tertiary/aromatic N) is 1. The molecule has 2 aromatic carbocycles. The molecular weight excluding hydrogens is 337 g/mol. The molecule has 1 aliphatic heterocycles. The molecule has 0 bridgehead atoms. The summed E-state index contributed by atoms with van der Waals surface area (Å²) in [4.78, 5) is 13.2. The van der Waals surface area contributed by atoms with Gasteiger partial charge in [-0.05, 0) is 47.0 Å². The molecule has 108 valence electrons. The topological polar surface area (TPSA) is 40.5 Å². The van der Waals surface area contributed by atoms with E-state index >= 15 is 0 Å². The average Bonchev–Trinajstić information content (AvgIpc) is 2.84. The molecule has 21 heavy (non-hydrogen) atoms. The van der Waals surface area contributed by atoms with Crippen LogP contribution in [-0.4, -0.2) is 16.0 Å². The van der Waals surface area contributed by atoms with E-state index in [0.29, 0.717) is 18.7 Å². The van der Waals surface area contributed by atoms with Crippen molar-refractivity contribution in [3.05, 3.63) is 68.9 Å². The van der Waals surface area contributed by atoms with E-state index in [9.17, 15) is 9.18 Å². The first-order valence-corrected chi connectivity index (χ1v) is 7.33. The monoisotopic (exact) mass is 349 g/mol. The first kappa shape index (κ1) is 14.2. The van der Waals surface area contributed by atoms with Gasteiger partial charge in [-0.25, -0.2) is 9.18 Å². The predicted molar refractivity (Wildman–Crippen MR) is 80.5 cm³/mol. The van der Waals surface area contributed by atoms with Crippen LogP contribution < -0.4 is 0 Å². The van der Waals surface area contributed by atoms with Crippen LogP contribution in [0.25, 0.3) is 0 Å². The van der Waals surface area contributed by atoms with Crippen LogP contribution in [0.3, 0.4) is 0 Å². The SMILES string of the molecule is O=C(O)c1ccc2c(c1)CN(Cc1cc(F)ccc1Br)C2. The van der Waals surface area contributed by atoms with E-state index in [0.717, 1.165) is 27.7 Å². The number of hydrogen-bond acceptors (Lipinski definition) is 2. The fourth-order valence-electron chi connectivity index (χ4n) is 2.62. The molecule has 1 N–H and O–H groups in total. The highest BCUT2D eigenvalue weighted by Crippen LogP contribution is 2.27. The third-order valence-electron chi connectivity index (χ3n) is 3.64. The lowest BCUT2D eigenvalue weighted by Gasteiger charge is -2.15.